The Hall–Kier alpha value is -3.25. The first-order valence-corrected chi connectivity index (χ1v) is 8.24. The third kappa shape index (κ3) is 4.30. The number of methoxy groups -OCH3 is 1. The Morgan fingerprint density at radius 3 is 2.67 bits per heavy atom. The molecule has 0 fully saturated rings. The van der Waals surface area contributed by atoms with Gasteiger partial charge in [-0.1, -0.05) is 11.6 Å². The molecule has 10 heteroatoms. The number of benzene rings is 1. The van der Waals surface area contributed by atoms with Crippen molar-refractivity contribution >= 4 is 29.3 Å². The van der Waals surface area contributed by atoms with Gasteiger partial charge in [-0.15, -0.1) is 0 Å². The normalized spacial score (nSPS) is 11.4. The molecule has 0 radical (unpaired) electrons. The predicted octanol–water partition coefficient (Wildman–Crippen LogP) is 2.17. The molecule has 2 aromatic rings. The zero-order valence-electron chi connectivity index (χ0n) is 14.9. The van der Waals surface area contributed by atoms with Crippen LogP contribution in [0.4, 0.5) is 11.8 Å². The van der Waals surface area contributed by atoms with Crippen molar-refractivity contribution in [3.8, 4) is 28.8 Å². The van der Waals surface area contributed by atoms with Gasteiger partial charge in [0.1, 0.15) is 17.5 Å². The zero-order chi connectivity index (χ0) is 20.1. The Bertz CT molecular complexity index is 913. The maximum Gasteiger partial charge on any atom is 0.347 e. The fraction of sp³-hybridized carbons (Fsp3) is 0.294. The van der Waals surface area contributed by atoms with E-state index in [4.69, 9.17) is 37.3 Å². The summed E-state index contributed by atoms with van der Waals surface area (Å²) in [5.41, 5.74) is 12.1. The first-order chi connectivity index (χ1) is 12.8. The third-order valence-electron chi connectivity index (χ3n) is 3.48. The van der Waals surface area contributed by atoms with Crippen LogP contribution >= 0.6 is 11.6 Å². The van der Waals surface area contributed by atoms with Crippen LogP contribution in [0.1, 0.15) is 19.4 Å². The van der Waals surface area contributed by atoms with Gasteiger partial charge in [0.05, 0.1) is 24.4 Å². The molecule has 0 bridgehead atoms. The minimum absolute atomic E-state index is 0.0497. The van der Waals surface area contributed by atoms with Crippen LogP contribution in [-0.4, -0.2) is 35.8 Å². The number of nitrogen functional groups attached to an aromatic ring is 2. The summed E-state index contributed by atoms with van der Waals surface area (Å²) >= 11 is 6.32. The van der Waals surface area contributed by atoms with Crippen molar-refractivity contribution in [2.75, 3.05) is 25.2 Å². The van der Waals surface area contributed by atoms with E-state index in [1.165, 1.54) is 20.1 Å². The Morgan fingerprint density at radius 2 is 2.07 bits per heavy atom. The van der Waals surface area contributed by atoms with Gasteiger partial charge < -0.3 is 25.7 Å². The number of ether oxygens (including phenoxy) is 3. The largest absolute Gasteiger partial charge is 0.493 e. The van der Waals surface area contributed by atoms with Crippen molar-refractivity contribution in [1.82, 2.24) is 9.97 Å². The van der Waals surface area contributed by atoms with Gasteiger partial charge in [-0.25, -0.2) is 9.78 Å². The second kappa shape index (κ2) is 8.42. The van der Waals surface area contributed by atoms with E-state index in [1.54, 1.807) is 13.0 Å². The van der Waals surface area contributed by atoms with Gasteiger partial charge in [0.25, 0.3) is 0 Å². The topological polar surface area (TPSA) is 146 Å². The van der Waals surface area contributed by atoms with Crippen LogP contribution in [-0.2, 0) is 9.53 Å². The standard InChI is InChI=1S/C17H18ClN5O4/c1-4-26-16(24)8(2)27-14-11(18)5-9(6-12(14)25-3)13-10(7-19)15(20)23-17(21)22-13/h5-6,8H,4H2,1-3H3,(H4,20,21,22,23). The monoisotopic (exact) mass is 391 g/mol. The molecule has 1 aromatic heterocycles. The number of anilines is 2. The second-order valence-electron chi connectivity index (χ2n) is 5.30. The van der Waals surface area contributed by atoms with E-state index in [9.17, 15) is 10.1 Å². The summed E-state index contributed by atoms with van der Waals surface area (Å²) in [6, 6.07) is 4.98. The number of nitrogens with zero attached hydrogens (tertiary/aromatic N) is 3. The Labute approximate surface area is 160 Å². The molecule has 0 saturated carbocycles. The molecule has 4 N–H and O–H groups in total. The molecule has 1 heterocycles. The van der Waals surface area contributed by atoms with Gasteiger partial charge in [0.15, 0.2) is 17.6 Å². The molecule has 0 spiro atoms. The zero-order valence-corrected chi connectivity index (χ0v) is 15.7. The summed E-state index contributed by atoms with van der Waals surface area (Å²) in [5.74, 6) is -0.299. The van der Waals surface area contributed by atoms with Crippen LogP contribution < -0.4 is 20.9 Å². The summed E-state index contributed by atoms with van der Waals surface area (Å²) in [6.45, 7) is 3.45. The number of aromatic nitrogens is 2. The maximum atomic E-state index is 11.8. The molecule has 0 aliphatic heterocycles. The van der Waals surface area contributed by atoms with E-state index in [0.29, 0.717) is 5.56 Å². The lowest BCUT2D eigenvalue weighted by atomic mass is 10.1. The molecule has 0 aliphatic carbocycles. The lowest BCUT2D eigenvalue weighted by Gasteiger charge is -2.18. The van der Waals surface area contributed by atoms with Crippen molar-refractivity contribution in [1.29, 1.82) is 5.26 Å². The van der Waals surface area contributed by atoms with E-state index in [1.807, 2.05) is 6.07 Å². The first kappa shape index (κ1) is 20.1. The molecule has 0 amide bonds. The van der Waals surface area contributed by atoms with Crippen LogP contribution in [0.15, 0.2) is 12.1 Å². The van der Waals surface area contributed by atoms with Crippen LogP contribution in [0, 0.1) is 11.3 Å². The minimum atomic E-state index is -0.901. The summed E-state index contributed by atoms with van der Waals surface area (Å²) in [4.78, 5) is 19.6. The molecule has 9 nitrogen and oxygen atoms in total. The van der Waals surface area contributed by atoms with Crippen LogP contribution in [0.5, 0.6) is 11.5 Å². The van der Waals surface area contributed by atoms with Crippen LogP contribution in [0.2, 0.25) is 5.02 Å². The molecule has 142 valence electrons. The molecule has 1 atom stereocenters. The molecule has 2 rings (SSSR count). The summed E-state index contributed by atoms with van der Waals surface area (Å²) in [5, 5.41) is 9.48. The summed E-state index contributed by atoms with van der Waals surface area (Å²) < 4.78 is 15.8. The van der Waals surface area contributed by atoms with Gasteiger partial charge in [0.2, 0.25) is 5.95 Å². The second-order valence-corrected chi connectivity index (χ2v) is 5.71. The fourth-order valence-electron chi connectivity index (χ4n) is 2.27. The van der Waals surface area contributed by atoms with Gasteiger partial charge in [-0.05, 0) is 26.0 Å². The van der Waals surface area contributed by atoms with Gasteiger partial charge in [0, 0.05) is 5.56 Å². The quantitative estimate of drug-likeness (QED) is 0.706. The van der Waals surface area contributed by atoms with E-state index in [2.05, 4.69) is 9.97 Å². The molecule has 27 heavy (non-hydrogen) atoms. The van der Waals surface area contributed by atoms with Gasteiger partial charge in [-0.2, -0.15) is 10.2 Å². The minimum Gasteiger partial charge on any atom is -0.493 e. The van der Waals surface area contributed by atoms with Crippen molar-refractivity contribution < 1.29 is 19.0 Å². The van der Waals surface area contributed by atoms with Crippen LogP contribution in [0.3, 0.4) is 0 Å². The van der Waals surface area contributed by atoms with E-state index in [0.717, 1.165) is 0 Å². The first-order valence-electron chi connectivity index (χ1n) is 7.86. The van der Waals surface area contributed by atoms with E-state index >= 15 is 0 Å². The number of esters is 1. The number of hydrogen-bond acceptors (Lipinski definition) is 9. The molecule has 1 unspecified atom stereocenters. The maximum absolute atomic E-state index is 11.8. The molecule has 0 saturated heterocycles. The van der Waals surface area contributed by atoms with Crippen molar-refractivity contribution in [3.63, 3.8) is 0 Å². The molecular weight excluding hydrogens is 374 g/mol. The molecule has 0 aliphatic rings. The number of halogens is 1. The Balaban J connectivity index is 2.52. The lowest BCUT2D eigenvalue weighted by molar-refractivity contribution is -0.150. The van der Waals surface area contributed by atoms with Gasteiger partial charge in [-0.3, -0.25) is 0 Å². The highest BCUT2D eigenvalue weighted by Crippen LogP contribution is 2.40. The number of rotatable bonds is 6. The van der Waals surface area contributed by atoms with Gasteiger partial charge >= 0.3 is 5.97 Å². The highest BCUT2D eigenvalue weighted by Gasteiger charge is 2.22. The van der Waals surface area contributed by atoms with Crippen molar-refractivity contribution in [2.24, 2.45) is 0 Å². The number of hydrogen-bond donors (Lipinski definition) is 2. The Kier molecular flexibility index (Phi) is 6.26. The number of carbonyl (C=O) groups is 1. The summed E-state index contributed by atoms with van der Waals surface area (Å²) in [6.07, 6.45) is -0.901. The smallest absolute Gasteiger partial charge is 0.347 e. The third-order valence-corrected chi connectivity index (χ3v) is 3.76. The number of carbonyl (C=O) groups excluding carboxylic acids is 1. The average molecular weight is 392 g/mol. The Morgan fingerprint density at radius 1 is 1.37 bits per heavy atom. The van der Waals surface area contributed by atoms with E-state index < -0.39 is 12.1 Å². The highest BCUT2D eigenvalue weighted by molar-refractivity contribution is 6.32. The highest BCUT2D eigenvalue weighted by atomic mass is 35.5. The lowest BCUT2D eigenvalue weighted by Crippen LogP contribution is -2.26. The fourth-order valence-corrected chi connectivity index (χ4v) is 2.53. The molecule has 1 aromatic carbocycles. The number of nitrogens with two attached hydrogens (primary N) is 2. The number of nitriles is 1. The predicted molar refractivity (Wildman–Crippen MR) is 99.3 cm³/mol. The van der Waals surface area contributed by atoms with Crippen molar-refractivity contribution in [3.05, 3.63) is 22.7 Å². The molecular formula is C17H18ClN5O4. The van der Waals surface area contributed by atoms with Crippen LogP contribution in [0.25, 0.3) is 11.3 Å². The average Bonchev–Trinajstić information content (AvgIpc) is 2.62. The SMILES string of the molecule is CCOC(=O)C(C)Oc1c(Cl)cc(-c2nc(N)nc(N)c2C#N)cc1OC. The summed E-state index contributed by atoms with van der Waals surface area (Å²) in [7, 11) is 1.41. The van der Waals surface area contributed by atoms with E-state index in [-0.39, 0.29) is 46.2 Å². The van der Waals surface area contributed by atoms with Crippen molar-refractivity contribution in [2.45, 2.75) is 20.0 Å².